The summed E-state index contributed by atoms with van der Waals surface area (Å²) in [7, 11) is 0. The van der Waals surface area contributed by atoms with Gasteiger partial charge in [-0.15, -0.1) is 0 Å². The van der Waals surface area contributed by atoms with Crippen LogP contribution >= 0.6 is 0 Å². The van der Waals surface area contributed by atoms with Crippen LogP contribution in [0.25, 0.3) is 0 Å². The van der Waals surface area contributed by atoms with Gasteiger partial charge in [0.25, 0.3) is 0 Å². The van der Waals surface area contributed by atoms with E-state index < -0.39 is 17.4 Å². The summed E-state index contributed by atoms with van der Waals surface area (Å²) in [4.78, 5) is 22.8. The van der Waals surface area contributed by atoms with E-state index >= 15 is 0 Å². The highest BCUT2D eigenvalue weighted by molar-refractivity contribution is 5.82. The second-order valence-corrected chi connectivity index (χ2v) is 4.41. The van der Waals surface area contributed by atoms with Gasteiger partial charge >= 0.3 is 5.97 Å². The molecule has 0 saturated carbocycles. The number of carboxylic acid groups (broad SMARTS) is 1. The molecule has 0 saturated heterocycles. The number of carbonyl (C=O) groups excluding carboxylic acids is 1. The standard InChI is InChI=1S/C12H24N2O3/c1-4-7-9(13)10(15)14-8-12(5-2,6-3)11(16)17/h9H,4-8,13H2,1-3H3,(H,14,15)(H,16,17)/t9-/m1/s1. The number of hydrogen-bond acceptors (Lipinski definition) is 3. The van der Waals surface area contributed by atoms with E-state index in [1.807, 2.05) is 20.8 Å². The number of nitrogens with two attached hydrogens (primary N) is 1. The van der Waals surface area contributed by atoms with Crippen LogP contribution in [0, 0.1) is 5.41 Å². The first-order chi connectivity index (χ1) is 7.93. The maximum Gasteiger partial charge on any atom is 0.311 e. The number of amides is 1. The Morgan fingerprint density at radius 2 is 1.82 bits per heavy atom. The largest absolute Gasteiger partial charge is 0.481 e. The summed E-state index contributed by atoms with van der Waals surface area (Å²) in [5.41, 5.74) is 4.78. The summed E-state index contributed by atoms with van der Waals surface area (Å²) in [6, 6.07) is -0.541. The van der Waals surface area contributed by atoms with E-state index in [4.69, 9.17) is 5.73 Å². The van der Waals surface area contributed by atoms with E-state index in [9.17, 15) is 14.7 Å². The van der Waals surface area contributed by atoms with E-state index in [1.54, 1.807) is 0 Å². The first-order valence-electron chi connectivity index (χ1n) is 6.20. The number of aliphatic carboxylic acids is 1. The number of carboxylic acids is 1. The Labute approximate surface area is 103 Å². The normalized spacial score (nSPS) is 13.2. The molecular formula is C12H24N2O3. The zero-order valence-corrected chi connectivity index (χ0v) is 11.0. The number of hydrogen-bond donors (Lipinski definition) is 3. The van der Waals surface area contributed by atoms with Crippen molar-refractivity contribution in [1.29, 1.82) is 0 Å². The fraction of sp³-hybridized carbons (Fsp3) is 0.833. The van der Waals surface area contributed by atoms with Gasteiger partial charge in [0.05, 0.1) is 11.5 Å². The molecule has 0 aliphatic rings. The lowest BCUT2D eigenvalue weighted by molar-refractivity contribution is -0.149. The lowest BCUT2D eigenvalue weighted by Crippen LogP contribution is -2.47. The highest BCUT2D eigenvalue weighted by atomic mass is 16.4. The van der Waals surface area contributed by atoms with E-state index in [0.29, 0.717) is 19.3 Å². The van der Waals surface area contributed by atoms with Crippen LogP contribution in [0.4, 0.5) is 0 Å². The quantitative estimate of drug-likeness (QED) is 0.596. The molecule has 100 valence electrons. The lowest BCUT2D eigenvalue weighted by Gasteiger charge is -2.27. The van der Waals surface area contributed by atoms with E-state index in [2.05, 4.69) is 5.32 Å². The minimum absolute atomic E-state index is 0.144. The Balaban J connectivity index is 4.41. The third-order valence-electron chi connectivity index (χ3n) is 3.34. The molecule has 0 spiro atoms. The number of carbonyl (C=O) groups is 2. The third kappa shape index (κ3) is 4.34. The summed E-state index contributed by atoms with van der Waals surface area (Å²) in [6.45, 7) is 5.73. The minimum atomic E-state index is -0.873. The average Bonchev–Trinajstić information content (AvgIpc) is 2.30. The molecule has 5 heteroatoms. The van der Waals surface area contributed by atoms with Gasteiger partial charge in [0.1, 0.15) is 0 Å². The summed E-state index contributed by atoms with van der Waals surface area (Å²) in [5, 5.41) is 11.8. The molecule has 1 atom stereocenters. The van der Waals surface area contributed by atoms with Crippen LogP contribution in [0.15, 0.2) is 0 Å². The Morgan fingerprint density at radius 1 is 1.29 bits per heavy atom. The van der Waals surface area contributed by atoms with Crippen molar-refractivity contribution >= 4 is 11.9 Å². The van der Waals surface area contributed by atoms with Crippen molar-refractivity contribution in [3.63, 3.8) is 0 Å². The van der Waals surface area contributed by atoms with Crippen LogP contribution in [0.1, 0.15) is 46.5 Å². The molecule has 0 aliphatic carbocycles. The summed E-state index contributed by atoms with van der Waals surface area (Å²) < 4.78 is 0. The Bertz CT molecular complexity index is 262. The topological polar surface area (TPSA) is 92.4 Å². The van der Waals surface area contributed by atoms with E-state index in [-0.39, 0.29) is 12.5 Å². The SMILES string of the molecule is CCC[C@@H](N)C(=O)NCC(CC)(CC)C(=O)O. The van der Waals surface area contributed by atoms with Gasteiger partial charge in [-0.25, -0.2) is 0 Å². The molecule has 0 radical (unpaired) electrons. The molecule has 0 rings (SSSR count). The highest BCUT2D eigenvalue weighted by Gasteiger charge is 2.35. The fourth-order valence-electron chi connectivity index (χ4n) is 1.71. The van der Waals surface area contributed by atoms with Gasteiger partial charge in [-0.2, -0.15) is 0 Å². The maximum atomic E-state index is 11.6. The first-order valence-corrected chi connectivity index (χ1v) is 6.20. The molecule has 0 fully saturated rings. The molecule has 4 N–H and O–H groups in total. The second-order valence-electron chi connectivity index (χ2n) is 4.41. The van der Waals surface area contributed by atoms with Crippen molar-refractivity contribution in [3.8, 4) is 0 Å². The van der Waals surface area contributed by atoms with Crippen LogP contribution in [0.5, 0.6) is 0 Å². The predicted octanol–water partition coefficient (Wildman–Crippen LogP) is 1.12. The first kappa shape index (κ1) is 15.9. The molecule has 17 heavy (non-hydrogen) atoms. The van der Waals surface area contributed by atoms with Gasteiger partial charge in [-0.3, -0.25) is 9.59 Å². The number of nitrogens with one attached hydrogen (secondary N) is 1. The molecular weight excluding hydrogens is 220 g/mol. The fourth-order valence-corrected chi connectivity index (χ4v) is 1.71. The van der Waals surface area contributed by atoms with Gasteiger partial charge in [-0.1, -0.05) is 27.2 Å². The van der Waals surface area contributed by atoms with Crippen molar-refractivity contribution in [2.45, 2.75) is 52.5 Å². The highest BCUT2D eigenvalue weighted by Crippen LogP contribution is 2.25. The molecule has 0 heterocycles. The zero-order chi connectivity index (χ0) is 13.5. The molecule has 0 aromatic carbocycles. The minimum Gasteiger partial charge on any atom is -0.481 e. The van der Waals surface area contributed by atoms with E-state index in [1.165, 1.54) is 0 Å². The Hall–Kier alpha value is -1.10. The van der Waals surface area contributed by atoms with Gasteiger partial charge in [-0.05, 0) is 19.3 Å². The smallest absolute Gasteiger partial charge is 0.311 e. The van der Waals surface area contributed by atoms with Crippen LogP contribution in [0.3, 0.4) is 0 Å². The molecule has 0 aliphatic heterocycles. The van der Waals surface area contributed by atoms with Crippen LogP contribution in [0.2, 0.25) is 0 Å². The molecule has 5 nitrogen and oxygen atoms in total. The van der Waals surface area contributed by atoms with E-state index in [0.717, 1.165) is 6.42 Å². The van der Waals surface area contributed by atoms with Crippen LogP contribution in [-0.4, -0.2) is 29.6 Å². The Kier molecular flexibility index (Phi) is 6.80. The third-order valence-corrected chi connectivity index (χ3v) is 3.34. The lowest BCUT2D eigenvalue weighted by atomic mass is 9.82. The van der Waals surface area contributed by atoms with Crippen molar-refractivity contribution in [3.05, 3.63) is 0 Å². The average molecular weight is 244 g/mol. The maximum absolute atomic E-state index is 11.6. The summed E-state index contributed by atoms with van der Waals surface area (Å²) in [5.74, 6) is -1.13. The van der Waals surface area contributed by atoms with Gasteiger partial charge in [0.15, 0.2) is 0 Å². The van der Waals surface area contributed by atoms with Gasteiger partial charge in [0.2, 0.25) is 5.91 Å². The second kappa shape index (κ2) is 7.27. The van der Waals surface area contributed by atoms with Crippen molar-refractivity contribution in [1.82, 2.24) is 5.32 Å². The zero-order valence-electron chi connectivity index (χ0n) is 11.0. The molecule has 0 bridgehead atoms. The number of rotatable bonds is 8. The van der Waals surface area contributed by atoms with Gasteiger partial charge < -0.3 is 16.2 Å². The van der Waals surface area contributed by atoms with Crippen molar-refractivity contribution in [2.24, 2.45) is 11.1 Å². The molecule has 0 aromatic heterocycles. The summed E-state index contributed by atoms with van der Waals surface area (Å²) >= 11 is 0. The molecule has 0 unspecified atom stereocenters. The van der Waals surface area contributed by atoms with Crippen molar-refractivity contribution < 1.29 is 14.7 Å². The van der Waals surface area contributed by atoms with Crippen LogP contribution in [-0.2, 0) is 9.59 Å². The summed E-state index contributed by atoms with van der Waals surface area (Å²) in [6.07, 6.45) is 2.43. The van der Waals surface area contributed by atoms with Crippen LogP contribution < -0.4 is 11.1 Å². The Morgan fingerprint density at radius 3 is 2.18 bits per heavy atom. The molecule has 1 amide bonds. The van der Waals surface area contributed by atoms with Crippen molar-refractivity contribution in [2.75, 3.05) is 6.54 Å². The monoisotopic (exact) mass is 244 g/mol. The predicted molar refractivity (Wildman–Crippen MR) is 66.5 cm³/mol. The molecule has 0 aromatic rings. The van der Waals surface area contributed by atoms with Gasteiger partial charge in [0, 0.05) is 6.54 Å².